The highest BCUT2D eigenvalue weighted by molar-refractivity contribution is 6.04. The SMILES string of the molecule is CC(C)OC(=O)Nc1ccc2c(c1)N(C(=O)Cc1ccoc1)c1ccccc1CC2. The first kappa shape index (κ1) is 19.8. The van der Waals surface area contributed by atoms with Crippen molar-refractivity contribution in [2.75, 3.05) is 10.2 Å². The minimum absolute atomic E-state index is 0.0612. The second-order valence-electron chi connectivity index (χ2n) is 7.59. The zero-order valence-corrected chi connectivity index (χ0v) is 17.1. The van der Waals surface area contributed by atoms with E-state index in [1.165, 1.54) is 0 Å². The number of anilines is 3. The average Bonchev–Trinajstić information content (AvgIpc) is 3.14. The van der Waals surface area contributed by atoms with Crippen molar-refractivity contribution in [2.45, 2.75) is 39.2 Å². The first-order valence-electron chi connectivity index (χ1n) is 10.0. The normalized spacial score (nSPS) is 12.7. The number of ether oxygens (including phenoxy) is 1. The van der Waals surface area contributed by atoms with Crippen molar-refractivity contribution in [3.63, 3.8) is 0 Å². The monoisotopic (exact) mass is 404 g/mol. The van der Waals surface area contributed by atoms with Crippen LogP contribution >= 0.6 is 0 Å². The van der Waals surface area contributed by atoms with Crippen molar-refractivity contribution < 1.29 is 18.7 Å². The summed E-state index contributed by atoms with van der Waals surface area (Å²) < 4.78 is 10.3. The van der Waals surface area contributed by atoms with Crippen LogP contribution in [0.25, 0.3) is 0 Å². The molecule has 2 amide bonds. The topological polar surface area (TPSA) is 71.8 Å². The number of fused-ring (bicyclic) bond motifs is 2. The van der Waals surface area contributed by atoms with E-state index in [0.717, 1.165) is 40.9 Å². The van der Waals surface area contributed by atoms with Crippen LogP contribution in [0.4, 0.5) is 21.9 Å². The molecule has 2 aromatic carbocycles. The first-order chi connectivity index (χ1) is 14.5. The van der Waals surface area contributed by atoms with Gasteiger partial charge < -0.3 is 9.15 Å². The van der Waals surface area contributed by atoms with Crippen LogP contribution in [0.15, 0.2) is 65.5 Å². The van der Waals surface area contributed by atoms with Gasteiger partial charge in [-0.25, -0.2) is 4.79 Å². The average molecular weight is 404 g/mol. The van der Waals surface area contributed by atoms with Gasteiger partial charge >= 0.3 is 6.09 Å². The lowest BCUT2D eigenvalue weighted by Gasteiger charge is -2.25. The molecule has 0 bridgehead atoms. The van der Waals surface area contributed by atoms with Crippen LogP contribution in [0.1, 0.15) is 30.5 Å². The van der Waals surface area contributed by atoms with Crippen molar-refractivity contribution in [2.24, 2.45) is 0 Å². The van der Waals surface area contributed by atoms with Crippen LogP contribution in [-0.4, -0.2) is 18.1 Å². The molecule has 1 aliphatic heterocycles. The van der Waals surface area contributed by atoms with E-state index in [4.69, 9.17) is 9.15 Å². The third-order valence-corrected chi connectivity index (χ3v) is 5.00. The fraction of sp³-hybridized carbons (Fsp3) is 0.250. The second kappa shape index (κ2) is 8.45. The molecule has 1 aliphatic rings. The summed E-state index contributed by atoms with van der Waals surface area (Å²) in [5.74, 6) is -0.0612. The largest absolute Gasteiger partial charge is 0.472 e. The van der Waals surface area contributed by atoms with Crippen molar-refractivity contribution in [3.8, 4) is 0 Å². The van der Waals surface area contributed by atoms with E-state index in [9.17, 15) is 9.59 Å². The minimum atomic E-state index is -0.518. The molecule has 2 heterocycles. The fourth-order valence-corrected chi connectivity index (χ4v) is 3.68. The van der Waals surface area contributed by atoms with Crippen molar-refractivity contribution >= 4 is 29.1 Å². The number of benzene rings is 2. The Hall–Kier alpha value is -3.54. The molecule has 0 spiro atoms. The van der Waals surface area contributed by atoms with Crippen LogP contribution in [0.2, 0.25) is 0 Å². The molecule has 0 fully saturated rings. The second-order valence-corrected chi connectivity index (χ2v) is 7.59. The van der Waals surface area contributed by atoms with Gasteiger partial charge in [0.15, 0.2) is 0 Å². The van der Waals surface area contributed by atoms with Crippen molar-refractivity contribution in [1.82, 2.24) is 0 Å². The molecule has 0 unspecified atom stereocenters. The van der Waals surface area contributed by atoms with Gasteiger partial charge in [0.05, 0.1) is 36.4 Å². The number of hydrogen-bond donors (Lipinski definition) is 1. The van der Waals surface area contributed by atoms with Crippen LogP contribution in [0.3, 0.4) is 0 Å². The van der Waals surface area contributed by atoms with E-state index in [-0.39, 0.29) is 18.4 Å². The molecule has 0 radical (unpaired) electrons. The number of nitrogens with one attached hydrogen (secondary N) is 1. The van der Waals surface area contributed by atoms with Crippen molar-refractivity contribution in [3.05, 3.63) is 77.7 Å². The highest BCUT2D eigenvalue weighted by Gasteiger charge is 2.26. The van der Waals surface area contributed by atoms with Gasteiger partial charge in [-0.3, -0.25) is 15.0 Å². The van der Waals surface area contributed by atoms with Gasteiger partial charge in [-0.2, -0.15) is 0 Å². The molecule has 6 heteroatoms. The van der Waals surface area contributed by atoms with Crippen LogP contribution < -0.4 is 10.2 Å². The van der Waals surface area contributed by atoms with Gasteiger partial charge in [0.1, 0.15) is 0 Å². The summed E-state index contributed by atoms with van der Waals surface area (Å²) >= 11 is 0. The molecule has 0 aliphatic carbocycles. The van der Waals surface area contributed by atoms with E-state index in [2.05, 4.69) is 11.4 Å². The summed E-state index contributed by atoms with van der Waals surface area (Å²) in [6.07, 6.45) is 4.27. The highest BCUT2D eigenvalue weighted by Crippen LogP contribution is 2.38. The molecule has 1 N–H and O–H groups in total. The number of para-hydroxylation sites is 1. The third kappa shape index (κ3) is 4.22. The molecule has 0 saturated heterocycles. The lowest BCUT2D eigenvalue weighted by atomic mass is 10.0. The van der Waals surface area contributed by atoms with E-state index in [1.807, 2.05) is 36.4 Å². The third-order valence-electron chi connectivity index (χ3n) is 5.00. The van der Waals surface area contributed by atoms with Crippen molar-refractivity contribution in [1.29, 1.82) is 0 Å². The van der Waals surface area contributed by atoms with E-state index in [0.29, 0.717) is 5.69 Å². The maximum Gasteiger partial charge on any atom is 0.411 e. The number of nitrogens with zero attached hydrogens (tertiary/aromatic N) is 1. The summed E-state index contributed by atoms with van der Waals surface area (Å²) in [5.41, 5.74) is 5.21. The highest BCUT2D eigenvalue weighted by atomic mass is 16.6. The summed E-state index contributed by atoms with van der Waals surface area (Å²) in [5, 5.41) is 2.76. The molecular formula is C24H24N2O4. The molecule has 30 heavy (non-hydrogen) atoms. The predicted octanol–water partition coefficient (Wildman–Crippen LogP) is 5.24. The quantitative estimate of drug-likeness (QED) is 0.645. The molecule has 3 aromatic rings. The van der Waals surface area contributed by atoms with Gasteiger partial charge in [0, 0.05) is 5.69 Å². The van der Waals surface area contributed by atoms with Crippen LogP contribution in [-0.2, 0) is 28.8 Å². The Balaban J connectivity index is 1.73. The maximum absolute atomic E-state index is 13.4. The van der Waals surface area contributed by atoms with Gasteiger partial charge in [-0.05, 0) is 67.6 Å². The number of hydrogen-bond acceptors (Lipinski definition) is 4. The Morgan fingerprint density at radius 3 is 2.57 bits per heavy atom. The zero-order valence-electron chi connectivity index (χ0n) is 17.1. The first-order valence-corrected chi connectivity index (χ1v) is 10.0. The number of furan rings is 1. The Kier molecular flexibility index (Phi) is 5.57. The van der Waals surface area contributed by atoms with Crippen LogP contribution in [0, 0.1) is 0 Å². The van der Waals surface area contributed by atoms with E-state index >= 15 is 0 Å². The lowest BCUT2D eigenvalue weighted by Crippen LogP contribution is -2.28. The Labute approximate surface area is 175 Å². The zero-order chi connectivity index (χ0) is 21.1. The molecule has 1 aromatic heterocycles. The lowest BCUT2D eigenvalue weighted by molar-refractivity contribution is -0.117. The van der Waals surface area contributed by atoms with Gasteiger partial charge in [0.2, 0.25) is 5.91 Å². The molecule has 154 valence electrons. The molecule has 4 rings (SSSR count). The smallest absolute Gasteiger partial charge is 0.411 e. The number of carbonyl (C=O) groups is 2. The molecule has 0 atom stereocenters. The molecule has 6 nitrogen and oxygen atoms in total. The summed E-state index contributed by atoms with van der Waals surface area (Å²) in [6, 6.07) is 15.4. The number of carbonyl (C=O) groups excluding carboxylic acids is 2. The number of rotatable bonds is 4. The standard InChI is InChI=1S/C24H24N2O4/c1-16(2)30-24(28)25-20-10-9-19-8-7-18-5-3-4-6-21(18)26(22(19)14-20)23(27)13-17-11-12-29-15-17/h3-6,9-12,14-16H,7-8,13H2,1-2H3,(H,25,28). The number of amides is 2. The van der Waals surface area contributed by atoms with E-state index in [1.54, 1.807) is 37.3 Å². The van der Waals surface area contributed by atoms with Gasteiger partial charge in [0.25, 0.3) is 0 Å². The van der Waals surface area contributed by atoms with Gasteiger partial charge in [-0.15, -0.1) is 0 Å². The predicted molar refractivity (Wildman–Crippen MR) is 115 cm³/mol. The summed E-state index contributed by atoms with van der Waals surface area (Å²) in [6.45, 7) is 3.59. The Bertz CT molecular complexity index is 1060. The van der Waals surface area contributed by atoms with Gasteiger partial charge in [-0.1, -0.05) is 24.3 Å². The molecule has 0 saturated carbocycles. The van der Waals surface area contributed by atoms with E-state index < -0.39 is 6.09 Å². The Morgan fingerprint density at radius 1 is 1.07 bits per heavy atom. The van der Waals surface area contributed by atoms with Crippen LogP contribution in [0.5, 0.6) is 0 Å². The molecular weight excluding hydrogens is 380 g/mol. The maximum atomic E-state index is 13.4. The minimum Gasteiger partial charge on any atom is -0.472 e. The summed E-state index contributed by atoms with van der Waals surface area (Å²) in [7, 11) is 0. The Morgan fingerprint density at radius 2 is 1.83 bits per heavy atom. The summed E-state index contributed by atoms with van der Waals surface area (Å²) in [4.78, 5) is 27.2. The number of aryl methyl sites for hydroxylation is 2. The fourth-order valence-electron chi connectivity index (χ4n) is 3.68.